The van der Waals surface area contributed by atoms with Crippen molar-refractivity contribution in [3.05, 3.63) is 0 Å². The van der Waals surface area contributed by atoms with Crippen LogP contribution in [0.15, 0.2) is 0 Å². The van der Waals surface area contributed by atoms with Crippen LogP contribution in [0.25, 0.3) is 0 Å². The molecule has 0 bridgehead atoms. The Kier molecular flexibility index (Phi) is 9.57. The molecule has 0 saturated carbocycles. The maximum atomic E-state index is 5.79. The normalized spacial score (nSPS) is 19.6. The second-order valence-electron chi connectivity index (χ2n) is 3.54. The maximum Gasteiger partial charge on any atom is 0.0481 e. The average Bonchev–Trinajstić information content (AvgIpc) is 2.08. The van der Waals surface area contributed by atoms with E-state index in [1.165, 1.54) is 0 Å². The lowest BCUT2D eigenvalue weighted by atomic mass is 10.5. The molecule has 6 N–H and O–H groups in total. The van der Waals surface area contributed by atoms with Crippen LogP contribution in [0.5, 0.6) is 0 Å². The molecule has 0 aromatic carbocycles. The van der Waals surface area contributed by atoms with Gasteiger partial charge in [-0.2, -0.15) is 0 Å². The van der Waals surface area contributed by atoms with E-state index in [0.717, 1.165) is 11.5 Å². The van der Waals surface area contributed by atoms with Crippen molar-refractivity contribution < 1.29 is 0 Å². The first-order chi connectivity index (χ1) is 6.91. The molecule has 0 fully saturated rings. The number of hydrogen-bond donors (Lipinski definition) is 3. The summed E-state index contributed by atoms with van der Waals surface area (Å²) in [5.74, 6) is 2.09. The summed E-state index contributed by atoms with van der Waals surface area (Å²) in [7, 11) is 0. The van der Waals surface area contributed by atoms with Crippen molar-refractivity contribution in [1.29, 1.82) is 0 Å². The highest BCUT2D eigenvalue weighted by atomic mass is 32.2. The molecule has 0 spiro atoms. The Morgan fingerprint density at radius 3 is 1.47 bits per heavy atom. The largest absolute Gasteiger partial charge is 0.320 e. The molecule has 0 heterocycles. The van der Waals surface area contributed by atoms with E-state index >= 15 is 0 Å². The van der Waals surface area contributed by atoms with Gasteiger partial charge in [0.25, 0.3) is 0 Å². The van der Waals surface area contributed by atoms with Crippen molar-refractivity contribution in [2.75, 3.05) is 11.5 Å². The van der Waals surface area contributed by atoms with Gasteiger partial charge in [-0.1, -0.05) is 0 Å². The van der Waals surface area contributed by atoms with Crippen LogP contribution in [0.2, 0.25) is 0 Å². The molecule has 3 unspecified atom stereocenters. The van der Waals surface area contributed by atoms with Crippen LogP contribution in [-0.4, -0.2) is 32.9 Å². The summed E-state index contributed by atoms with van der Waals surface area (Å²) in [5, 5.41) is 1.11. The zero-order valence-electron chi connectivity index (χ0n) is 9.68. The molecular formula is C9H23N3S3. The molecule has 0 rings (SSSR count). The fourth-order valence-electron chi connectivity index (χ4n) is 0.948. The number of thioether (sulfide) groups is 3. The Morgan fingerprint density at radius 2 is 1.20 bits per heavy atom. The van der Waals surface area contributed by atoms with Gasteiger partial charge in [-0.15, -0.1) is 35.3 Å². The van der Waals surface area contributed by atoms with E-state index in [-0.39, 0.29) is 16.1 Å². The average molecular weight is 270 g/mol. The van der Waals surface area contributed by atoms with Crippen molar-refractivity contribution in [3.8, 4) is 0 Å². The molecule has 92 valence electrons. The first kappa shape index (κ1) is 15.9. The molecule has 0 saturated heterocycles. The highest BCUT2D eigenvalue weighted by Gasteiger charge is 2.13. The molecule has 15 heavy (non-hydrogen) atoms. The molecule has 3 atom stereocenters. The molecule has 0 amide bonds. The van der Waals surface area contributed by atoms with Crippen LogP contribution >= 0.6 is 35.3 Å². The Morgan fingerprint density at radius 1 is 0.800 bits per heavy atom. The lowest BCUT2D eigenvalue weighted by Crippen LogP contribution is -2.24. The quantitative estimate of drug-likeness (QED) is 0.579. The van der Waals surface area contributed by atoms with Crippen LogP contribution in [0, 0.1) is 0 Å². The molecule has 6 heteroatoms. The van der Waals surface area contributed by atoms with Gasteiger partial charge in [0.2, 0.25) is 0 Å². The third-order valence-electron chi connectivity index (χ3n) is 1.50. The molecule has 3 nitrogen and oxygen atoms in total. The highest BCUT2D eigenvalue weighted by Crippen LogP contribution is 2.24. The number of rotatable bonds is 8. The lowest BCUT2D eigenvalue weighted by Gasteiger charge is -2.19. The summed E-state index contributed by atoms with van der Waals surface area (Å²) >= 11 is 5.37. The minimum Gasteiger partial charge on any atom is -0.320 e. The molecule has 0 aromatic rings. The second-order valence-corrected chi connectivity index (χ2v) is 8.04. The molecule has 0 radical (unpaired) electrons. The summed E-state index contributed by atoms with van der Waals surface area (Å²) in [6.07, 6.45) is 0. The summed E-state index contributed by atoms with van der Waals surface area (Å²) in [4.78, 5) is 0. The third kappa shape index (κ3) is 11.2. The van der Waals surface area contributed by atoms with Gasteiger partial charge in [0.1, 0.15) is 0 Å². The van der Waals surface area contributed by atoms with Gasteiger partial charge in [0.15, 0.2) is 0 Å². The van der Waals surface area contributed by atoms with Gasteiger partial charge in [0.05, 0.1) is 0 Å². The number of hydrogen-bond acceptors (Lipinski definition) is 6. The van der Waals surface area contributed by atoms with E-state index in [2.05, 4.69) is 0 Å². The van der Waals surface area contributed by atoms with Gasteiger partial charge < -0.3 is 17.2 Å². The minimum atomic E-state index is 0.178. The second kappa shape index (κ2) is 9.01. The van der Waals surface area contributed by atoms with Crippen molar-refractivity contribution in [3.63, 3.8) is 0 Å². The van der Waals surface area contributed by atoms with E-state index < -0.39 is 0 Å². The molecule has 0 aliphatic rings. The zero-order valence-corrected chi connectivity index (χ0v) is 12.1. The van der Waals surface area contributed by atoms with E-state index in [1.54, 1.807) is 23.5 Å². The lowest BCUT2D eigenvalue weighted by molar-refractivity contribution is 0.998. The van der Waals surface area contributed by atoms with Crippen LogP contribution in [-0.2, 0) is 0 Å². The van der Waals surface area contributed by atoms with Crippen molar-refractivity contribution in [2.24, 2.45) is 17.2 Å². The fraction of sp³-hybridized carbons (Fsp3) is 1.00. The molecule has 0 aliphatic carbocycles. The van der Waals surface area contributed by atoms with Gasteiger partial charge in [-0.05, 0) is 20.8 Å². The van der Waals surface area contributed by atoms with Crippen molar-refractivity contribution in [2.45, 2.75) is 42.1 Å². The van der Waals surface area contributed by atoms with E-state index in [1.807, 2.05) is 32.5 Å². The smallest absolute Gasteiger partial charge is 0.0481 e. The van der Waals surface area contributed by atoms with Gasteiger partial charge in [-0.3, -0.25) is 0 Å². The van der Waals surface area contributed by atoms with Crippen LogP contribution < -0.4 is 17.2 Å². The van der Waals surface area contributed by atoms with Crippen LogP contribution in [0.4, 0.5) is 0 Å². The van der Waals surface area contributed by atoms with Gasteiger partial charge >= 0.3 is 0 Å². The van der Waals surface area contributed by atoms with E-state index in [0.29, 0.717) is 5.25 Å². The summed E-state index contributed by atoms with van der Waals surface area (Å²) in [6, 6.07) is 0. The third-order valence-corrected chi connectivity index (χ3v) is 5.31. The minimum absolute atomic E-state index is 0.178. The summed E-state index contributed by atoms with van der Waals surface area (Å²) in [6.45, 7) is 6.04. The van der Waals surface area contributed by atoms with Gasteiger partial charge in [0, 0.05) is 32.9 Å². The fourth-order valence-corrected chi connectivity index (χ4v) is 4.08. The Hall–Kier alpha value is 0.930. The van der Waals surface area contributed by atoms with Crippen molar-refractivity contribution >= 4 is 35.3 Å². The molecule has 0 aliphatic heterocycles. The molecular weight excluding hydrogens is 246 g/mol. The summed E-state index contributed by atoms with van der Waals surface area (Å²) in [5.41, 5.74) is 17.2. The predicted molar refractivity (Wildman–Crippen MR) is 77.2 cm³/mol. The SMILES string of the molecule is CC(N)SCC(CSC(C)N)SC(C)N. The Bertz CT molecular complexity index is 142. The standard InChI is InChI=1S/C9H23N3S3/c1-6(10)13-4-9(15-8(3)12)5-14-7(2)11/h6-9H,4-5,10-12H2,1-3H3. The molecule has 0 aromatic heterocycles. The van der Waals surface area contributed by atoms with Crippen LogP contribution in [0.1, 0.15) is 20.8 Å². The summed E-state index contributed by atoms with van der Waals surface area (Å²) < 4.78 is 0. The zero-order chi connectivity index (χ0) is 11.8. The van der Waals surface area contributed by atoms with Gasteiger partial charge in [-0.25, -0.2) is 0 Å². The Balaban J connectivity index is 3.84. The monoisotopic (exact) mass is 269 g/mol. The van der Waals surface area contributed by atoms with Crippen molar-refractivity contribution in [1.82, 2.24) is 0 Å². The van der Waals surface area contributed by atoms with E-state index in [4.69, 9.17) is 17.2 Å². The highest BCUT2D eigenvalue weighted by molar-refractivity contribution is 8.05. The Labute approximate surface area is 106 Å². The maximum absolute atomic E-state index is 5.79. The van der Waals surface area contributed by atoms with Crippen LogP contribution in [0.3, 0.4) is 0 Å². The predicted octanol–water partition coefficient (Wildman–Crippen LogP) is 1.47. The van der Waals surface area contributed by atoms with E-state index in [9.17, 15) is 0 Å². The number of nitrogens with two attached hydrogens (primary N) is 3. The topological polar surface area (TPSA) is 78.1 Å². The first-order valence-electron chi connectivity index (χ1n) is 5.07. The first-order valence-corrected chi connectivity index (χ1v) is 8.11.